The summed E-state index contributed by atoms with van der Waals surface area (Å²) in [4.78, 5) is 4.18. The summed E-state index contributed by atoms with van der Waals surface area (Å²) in [5.41, 5.74) is 4.02. The minimum Gasteiger partial charge on any atom is -0.497 e. The molecule has 1 aliphatic rings. The summed E-state index contributed by atoms with van der Waals surface area (Å²) < 4.78 is 5.35. The van der Waals surface area contributed by atoms with Crippen molar-refractivity contribution in [2.45, 2.75) is 12.5 Å². The van der Waals surface area contributed by atoms with Crippen LogP contribution in [0.1, 0.15) is 22.7 Å². The molecule has 1 unspecified atom stereocenters. The molecule has 1 aromatic heterocycles. The van der Waals surface area contributed by atoms with E-state index in [4.69, 9.17) is 4.74 Å². The SMILES string of the molecule is COc1ccc2c(c1)CCNC2c1ccc2cnccc2c1. The first-order chi connectivity index (χ1) is 10.8. The molecule has 3 nitrogen and oxygen atoms in total. The lowest BCUT2D eigenvalue weighted by molar-refractivity contribution is 0.413. The third-order valence-electron chi connectivity index (χ3n) is 4.40. The Morgan fingerprint density at radius 3 is 2.95 bits per heavy atom. The maximum Gasteiger partial charge on any atom is 0.119 e. The Kier molecular flexibility index (Phi) is 3.28. The van der Waals surface area contributed by atoms with Crippen LogP contribution in [0.2, 0.25) is 0 Å². The number of benzene rings is 2. The second-order valence-electron chi connectivity index (χ2n) is 5.68. The first-order valence-electron chi connectivity index (χ1n) is 7.59. The van der Waals surface area contributed by atoms with E-state index in [9.17, 15) is 0 Å². The first kappa shape index (κ1) is 13.3. The third kappa shape index (κ3) is 2.24. The average molecular weight is 290 g/mol. The molecule has 2 aromatic carbocycles. The van der Waals surface area contributed by atoms with Gasteiger partial charge in [-0.25, -0.2) is 0 Å². The number of hydrogen-bond donors (Lipinski definition) is 1. The summed E-state index contributed by atoms with van der Waals surface area (Å²) in [6.45, 7) is 0.985. The maximum absolute atomic E-state index is 5.35. The molecule has 0 saturated heterocycles. The normalized spacial score (nSPS) is 17.2. The molecule has 0 amide bonds. The number of nitrogens with zero attached hydrogens (tertiary/aromatic N) is 1. The van der Waals surface area contributed by atoms with Gasteiger partial charge in [0.1, 0.15) is 5.75 Å². The van der Waals surface area contributed by atoms with E-state index < -0.39 is 0 Å². The van der Waals surface area contributed by atoms with Gasteiger partial charge in [-0.05, 0) is 52.8 Å². The summed E-state index contributed by atoms with van der Waals surface area (Å²) in [6, 6.07) is 15.3. The second kappa shape index (κ2) is 5.43. The van der Waals surface area contributed by atoms with Crippen LogP contribution < -0.4 is 10.1 Å². The van der Waals surface area contributed by atoms with Crippen molar-refractivity contribution in [3.05, 3.63) is 71.5 Å². The van der Waals surface area contributed by atoms with Gasteiger partial charge in [0.15, 0.2) is 0 Å². The highest BCUT2D eigenvalue weighted by atomic mass is 16.5. The summed E-state index contributed by atoms with van der Waals surface area (Å²) in [5, 5.41) is 6.05. The van der Waals surface area contributed by atoms with Crippen LogP contribution in [0, 0.1) is 0 Å². The minimum absolute atomic E-state index is 0.243. The molecule has 3 aromatic rings. The second-order valence-corrected chi connectivity index (χ2v) is 5.68. The van der Waals surface area contributed by atoms with Gasteiger partial charge in [0.2, 0.25) is 0 Å². The van der Waals surface area contributed by atoms with Crippen LogP contribution in [-0.4, -0.2) is 18.6 Å². The Labute approximate surface area is 130 Å². The number of fused-ring (bicyclic) bond motifs is 2. The van der Waals surface area contributed by atoms with Gasteiger partial charge >= 0.3 is 0 Å². The van der Waals surface area contributed by atoms with Crippen LogP contribution in [0.25, 0.3) is 10.8 Å². The zero-order valence-electron chi connectivity index (χ0n) is 12.5. The quantitative estimate of drug-likeness (QED) is 0.784. The molecule has 4 rings (SSSR count). The number of ether oxygens (including phenoxy) is 1. The van der Waals surface area contributed by atoms with Crippen molar-refractivity contribution in [3.8, 4) is 5.75 Å². The van der Waals surface area contributed by atoms with Gasteiger partial charge in [-0.15, -0.1) is 0 Å². The summed E-state index contributed by atoms with van der Waals surface area (Å²) in [5.74, 6) is 0.934. The van der Waals surface area contributed by atoms with E-state index in [1.807, 2.05) is 18.5 Å². The molecule has 110 valence electrons. The zero-order chi connectivity index (χ0) is 14.9. The zero-order valence-corrected chi connectivity index (χ0v) is 12.5. The molecule has 0 spiro atoms. The topological polar surface area (TPSA) is 34.1 Å². The highest BCUT2D eigenvalue weighted by molar-refractivity contribution is 5.82. The molecule has 1 N–H and O–H groups in total. The number of hydrogen-bond acceptors (Lipinski definition) is 3. The summed E-state index contributed by atoms with van der Waals surface area (Å²) >= 11 is 0. The predicted molar refractivity (Wildman–Crippen MR) is 88.3 cm³/mol. The molecule has 0 fully saturated rings. The lowest BCUT2D eigenvalue weighted by atomic mass is 9.89. The predicted octanol–water partition coefficient (Wildman–Crippen LogP) is 3.48. The lowest BCUT2D eigenvalue weighted by Crippen LogP contribution is -2.30. The molecule has 0 aliphatic carbocycles. The highest BCUT2D eigenvalue weighted by Crippen LogP contribution is 2.32. The summed E-state index contributed by atoms with van der Waals surface area (Å²) in [7, 11) is 1.72. The number of aromatic nitrogens is 1. The molecule has 22 heavy (non-hydrogen) atoms. The van der Waals surface area contributed by atoms with Gasteiger partial charge in [0.25, 0.3) is 0 Å². The molecule has 3 heteroatoms. The van der Waals surface area contributed by atoms with E-state index in [2.05, 4.69) is 46.7 Å². The van der Waals surface area contributed by atoms with Crippen LogP contribution in [-0.2, 0) is 6.42 Å². The Balaban J connectivity index is 1.79. The number of rotatable bonds is 2. The van der Waals surface area contributed by atoms with Crippen molar-refractivity contribution < 1.29 is 4.74 Å². The van der Waals surface area contributed by atoms with E-state index in [0.29, 0.717) is 0 Å². The van der Waals surface area contributed by atoms with Gasteiger partial charge in [0.05, 0.1) is 13.2 Å². The van der Waals surface area contributed by atoms with Crippen molar-refractivity contribution >= 4 is 10.8 Å². The minimum atomic E-state index is 0.243. The van der Waals surface area contributed by atoms with Crippen molar-refractivity contribution in [2.24, 2.45) is 0 Å². The monoisotopic (exact) mass is 290 g/mol. The molecule has 1 atom stereocenters. The van der Waals surface area contributed by atoms with Gasteiger partial charge in [0, 0.05) is 24.3 Å². The van der Waals surface area contributed by atoms with E-state index in [-0.39, 0.29) is 6.04 Å². The number of methoxy groups -OCH3 is 1. The van der Waals surface area contributed by atoms with Crippen molar-refractivity contribution in [2.75, 3.05) is 13.7 Å². The standard InChI is InChI=1S/C19H18N2O/c1-22-17-4-5-18-14(11-17)7-9-21-19(18)15-2-3-16-12-20-8-6-13(16)10-15/h2-6,8,10-12,19,21H,7,9H2,1H3. The molecule has 0 saturated carbocycles. The molecule has 1 aliphatic heterocycles. The van der Waals surface area contributed by atoms with E-state index in [1.54, 1.807) is 7.11 Å². The Morgan fingerprint density at radius 1 is 1.09 bits per heavy atom. The smallest absolute Gasteiger partial charge is 0.119 e. The van der Waals surface area contributed by atoms with Crippen molar-refractivity contribution in [3.63, 3.8) is 0 Å². The Morgan fingerprint density at radius 2 is 2.05 bits per heavy atom. The molecular formula is C19H18N2O. The van der Waals surface area contributed by atoms with E-state index in [1.165, 1.54) is 27.5 Å². The van der Waals surface area contributed by atoms with E-state index >= 15 is 0 Å². The molecule has 2 heterocycles. The fourth-order valence-electron chi connectivity index (χ4n) is 3.25. The highest BCUT2D eigenvalue weighted by Gasteiger charge is 2.21. The van der Waals surface area contributed by atoms with Crippen molar-refractivity contribution in [1.29, 1.82) is 0 Å². The maximum atomic E-state index is 5.35. The van der Waals surface area contributed by atoms with Gasteiger partial charge in [-0.1, -0.05) is 18.2 Å². The fraction of sp³-hybridized carbons (Fsp3) is 0.211. The molecule has 0 bridgehead atoms. The molecular weight excluding hydrogens is 272 g/mol. The van der Waals surface area contributed by atoms with Crippen LogP contribution in [0.4, 0.5) is 0 Å². The summed E-state index contributed by atoms with van der Waals surface area (Å²) in [6.07, 6.45) is 4.80. The third-order valence-corrected chi connectivity index (χ3v) is 4.40. The van der Waals surface area contributed by atoms with Crippen LogP contribution in [0.5, 0.6) is 5.75 Å². The van der Waals surface area contributed by atoms with Gasteiger partial charge in [-0.3, -0.25) is 4.98 Å². The van der Waals surface area contributed by atoms with Gasteiger partial charge in [-0.2, -0.15) is 0 Å². The van der Waals surface area contributed by atoms with Crippen molar-refractivity contribution in [1.82, 2.24) is 10.3 Å². The van der Waals surface area contributed by atoms with Crippen LogP contribution in [0.3, 0.4) is 0 Å². The average Bonchev–Trinajstić information content (AvgIpc) is 2.60. The largest absolute Gasteiger partial charge is 0.497 e. The lowest BCUT2D eigenvalue weighted by Gasteiger charge is -2.28. The van der Waals surface area contributed by atoms with E-state index in [0.717, 1.165) is 18.7 Å². The van der Waals surface area contributed by atoms with Gasteiger partial charge < -0.3 is 10.1 Å². The Bertz CT molecular complexity index is 829. The van der Waals surface area contributed by atoms with Crippen LogP contribution >= 0.6 is 0 Å². The fourth-order valence-corrected chi connectivity index (χ4v) is 3.25. The number of pyridine rings is 1. The number of nitrogens with one attached hydrogen (secondary N) is 1. The molecule has 0 radical (unpaired) electrons. The van der Waals surface area contributed by atoms with Crippen LogP contribution in [0.15, 0.2) is 54.9 Å². The Hall–Kier alpha value is -2.39. The first-order valence-corrected chi connectivity index (χ1v) is 7.59.